The fraction of sp³-hybridized carbons (Fsp3) is 0. The zero-order valence-electron chi connectivity index (χ0n) is 33.9. The fourth-order valence-electron chi connectivity index (χ4n) is 9.52. The summed E-state index contributed by atoms with van der Waals surface area (Å²) in [6.07, 6.45) is 0. The van der Waals surface area contributed by atoms with Crippen molar-refractivity contribution in [1.82, 2.24) is 0 Å². The van der Waals surface area contributed by atoms with Gasteiger partial charge in [-0.15, -0.1) is 11.3 Å². The van der Waals surface area contributed by atoms with E-state index in [1.807, 2.05) is 11.3 Å². The smallest absolute Gasteiger partial charge is 0.0468 e. The molecule has 0 radical (unpaired) electrons. The highest BCUT2D eigenvalue weighted by Crippen LogP contribution is 2.44. The SMILES string of the molecule is c1ccc(-c2ccc(-c3ccc(N(c4ccccc4)c4ccc5c6ccccc6c6ccccc6c6ccccc6c6cc7c(cc6c5c4)sc4ccccc47)cc3)cc2)cc1. The van der Waals surface area contributed by atoms with Gasteiger partial charge in [-0.2, -0.15) is 0 Å². The lowest BCUT2D eigenvalue weighted by atomic mass is 9.93. The van der Waals surface area contributed by atoms with Gasteiger partial charge in [0.2, 0.25) is 0 Å². The van der Waals surface area contributed by atoms with Crippen LogP contribution in [-0.2, 0) is 0 Å². The van der Waals surface area contributed by atoms with E-state index in [1.165, 1.54) is 96.3 Å². The minimum Gasteiger partial charge on any atom is -0.310 e. The highest BCUT2D eigenvalue weighted by molar-refractivity contribution is 7.25. The Morgan fingerprint density at radius 3 is 1.15 bits per heavy atom. The second-order valence-electron chi connectivity index (χ2n) is 16.0. The van der Waals surface area contributed by atoms with Crippen LogP contribution in [0.5, 0.6) is 0 Å². The zero-order chi connectivity index (χ0) is 41.0. The van der Waals surface area contributed by atoms with Crippen LogP contribution in [0.4, 0.5) is 17.1 Å². The van der Waals surface area contributed by atoms with Crippen molar-refractivity contribution in [3.8, 4) is 22.3 Å². The molecule has 0 bridgehead atoms. The molecule has 290 valence electrons. The van der Waals surface area contributed by atoms with E-state index in [9.17, 15) is 0 Å². The number of thiophene rings is 1. The quantitative estimate of drug-likeness (QED) is 0.167. The molecule has 0 saturated carbocycles. The van der Waals surface area contributed by atoms with Crippen molar-refractivity contribution < 1.29 is 0 Å². The number of benzene rings is 10. The van der Waals surface area contributed by atoms with Crippen molar-refractivity contribution in [3.63, 3.8) is 0 Å². The molecule has 0 aliphatic carbocycles. The van der Waals surface area contributed by atoms with Crippen LogP contribution in [0.25, 0.3) is 96.3 Å². The Morgan fingerprint density at radius 2 is 0.581 bits per heavy atom. The lowest BCUT2D eigenvalue weighted by Gasteiger charge is -2.26. The zero-order valence-corrected chi connectivity index (χ0v) is 34.7. The Bertz CT molecular complexity index is 3720. The van der Waals surface area contributed by atoms with Crippen molar-refractivity contribution in [1.29, 1.82) is 0 Å². The second kappa shape index (κ2) is 15.0. The number of fused-ring (bicyclic) bond motifs is 13. The molecule has 0 atom stereocenters. The van der Waals surface area contributed by atoms with Gasteiger partial charge in [0, 0.05) is 37.2 Å². The minimum absolute atomic E-state index is 1.10. The van der Waals surface area contributed by atoms with Gasteiger partial charge in [0.15, 0.2) is 0 Å². The lowest BCUT2D eigenvalue weighted by Crippen LogP contribution is -2.09. The molecule has 0 aliphatic rings. The van der Waals surface area contributed by atoms with Crippen molar-refractivity contribution in [2.45, 2.75) is 0 Å². The molecule has 1 heterocycles. The van der Waals surface area contributed by atoms with Gasteiger partial charge in [0.1, 0.15) is 0 Å². The van der Waals surface area contributed by atoms with Crippen LogP contribution >= 0.6 is 11.3 Å². The third-order valence-electron chi connectivity index (χ3n) is 12.5. The van der Waals surface area contributed by atoms with Gasteiger partial charge < -0.3 is 4.90 Å². The van der Waals surface area contributed by atoms with Crippen LogP contribution in [-0.4, -0.2) is 0 Å². The standard InChI is InChI=1S/C60H39NS/c1-3-15-40(16-4-1)41-27-29-42(30-28-41)43-31-33-45(34-32-43)61(44-17-5-2-6-18-44)46-35-36-53-51-23-10-9-21-49(51)47-19-7-8-20-48(47)50-22-11-12-24-52(50)56-38-58-54-25-13-14-26-59(54)62-60(58)39-57(56)55(53)37-46/h1-39H. The van der Waals surface area contributed by atoms with Crippen LogP contribution in [0.15, 0.2) is 237 Å². The monoisotopic (exact) mass is 805 g/mol. The molecule has 62 heavy (non-hydrogen) atoms. The minimum atomic E-state index is 1.10. The van der Waals surface area contributed by atoms with Crippen LogP contribution < -0.4 is 4.90 Å². The molecule has 2 heteroatoms. The summed E-state index contributed by atoms with van der Waals surface area (Å²) in [6, 6.07) is 87.0. The molecule has 12 rings (SSSR count). The van der Waals surface area contributed by atoms with E-state index >= 15 is 0 Å². The molecule has 11 aromatic carbocycles. The number of para-hydroxylation sites is 1. The first-order valence-corrected chi connectivity index (χ1v) is 22.1. The molecule has 0 unspecified atom stereocenters. The van der Waals surface area contributed by atoms with E-state index in [0.717, 1.165) is 17.1 Å². The summed E-state index contributed by atoms with van der Waals surface area (Å²) in [6.45, 7) is 0. The molecule has 0 N–H and O–H groups in total. The number of hydrogen-bond donors (Lipinski definition) is 0. The van der Waals surface area contributed by atoms with Crippen LogP contribution in [0.3, 0.4) is 0 Å². The van der Waals surface area contributed by atoms with Gasteiger partial charge in [-0.05, 0) is 131 Å². The predicted molar refractivity (Wildman–Crippen MR) is 270 cm³/mol. The van der Waals surface area contributed by atoms with Gasteiger partial charge in [0.25, 0.3) is 0 Å². The number of nitrogens with zero attached hydrogens (tertiary/aromatic N) is 1. The summed E-state index contributed by atoms with van der Waals surface area (Å²) in [7, 11) is 0. The van der Waals surface area contributed by atoms with Gasteiger partial charge >= 0.3 is 0 Å². The van der Waals surface area contributed by atoms with Crippen LogP contribution in [0.1, 0.15) is 0 Å². The van der Waals surface area contributed by atoms with Gasteiger partial charge in [-0.25, -0.2) is 0 Å². The van der Waals surface area contributed by atoms with Gasteiger partial charge in [0.05, 0.1) is 0 Å². The highest BCUT2D eigenvalue weighted by atomic mass is 32.1. The molecule has 0 fully saturated rings. The third kappa shape index (κ3) is 6.15. The van der Waals surface area contributed by atoms with Crippen LogP contribution in [0.2, 0.25) is 0 Å². The van der Waals surface area contributed by atoms with E-state index in [1.54, 1.807) is 0 Å². The molecule has 12 aromatic rings. The van der Waals surface area contributed by atoms with Gasteiger partial charge in [-0.1, -0.05) is 182 Å². The number of hydrogen-bond acceptors (Lipinski definition) is 2. The van der Waals surface area contributed by atoms with E-state index in [2.05, 4.69) is 241 Å². The summed E-state index contributed by atoms with van der Waals surface area (Å²) in [5.74, 6) is 0. The molecular formula is C60H39NS. The molecule has 1 nitrogen and oxygen atoms in total. The molecule has 0 spiro atoms. The van der Waals surface area contributed by atoms with Crippen molar-refractivity contribution in [2.75, 3.05) is 4.90 Å². The first kappa shape index (κ1) is 36.1. The van der Waals surface area contributed by atoms with E-state index < -0.39 is 0 Å². The largest absolute Gasteiger partial charge is 0.310 e. The maximum Gasteiger partial charge on any atom is 0.0468 e. The van der Waals surface area contributed by atoms with Crippen molar-refractivity contribution in [3.05, 3.63) is 237 Å². The predicted octanol–water partition coefficient (Wildman–Crippen LogP) is 17.7. The average Bonchev–Trinajstić information content (AvgIpc) is 3.72. The lowest BCUT2D eigenvalue weighted by molar-refractivity contribution is 1.29. The summed E-state index contributed by atoms with van der Waals surface area (Å²) in [5.41, 5.74) is 8.12. The first-order valence-electron chi connectivity index (χ1n) is 21.2. The summed E-state index contributed by atoms with van der Waals surface area (Å²) >= 11 is 1.88. The summed E-state index contributed by atoms with van der Waals surface area (Å²) in [5, 5.41) is 14.9. The topological polar surface area (TPSA) is 3.24 Å². The Balaban J connectivity index is 1.15. The molecule has 0 amide bonds. The van der Waals surface area contributed by atoms with E-state index in [0.29, 0.717) is 0 Å². The molecule has 0 saturated heterocycles. The van der Waals surface area contributed by atoms with Crippen molar-refractivity contribution >= 4 is 102 Å². The molecule has 0 aliphatic heterocycles. The van der Waals surface area contributed by atoms with Crippen LogP contribution in [0, 0.1) is 0 Å². The van der Waals surface area contributed by atoms with E-state index in [4.69, 9.17) is 0 Å². The Labute approximate surface area is 364 Å². The third-order valence-corrected chi connectivity index (χ3v) is 13.6. The Morgan fingerprint density at radius 1 is 0.210 bits per heavy atom. The fourth-order valence-corrected chi connectivity index (χ4v) is 10.6. The molecular weight excluding hydrogens is 767 g/mol. The summed E-state index contributed by atoms with van der Waals surface area (Å²) in [4.78, 5) is 2.40. The number of rotatable bonds is 5. The second-order valence-corrected chi connectivity index (χ2v) is 17.1. The maximum absolute atomic E-state index is 2.47. The summed E-state index contributed by atoms with van der Waals surface area (Å²) < 4.78 is 2.59. The maximum atomic E-state index is 2.47. The Hall–Kier alpha value is -7.78. The van der Waals surface area contributed by atoms with Gasteiger partial charge in [-0.3, -0.25) is 0 Å². The van der Waals surface area contributed by atoms with E-state index in [-0.39, 0.29) is 0 Å². The molecule has 1 aromatic heterocycles. The van der Waals surface area contributed by atoms with Crippen molar-refractivity contribution in [2.24, 2.45) is 0 Å². The average molecular weight is 806 g/mol. The first-order chi connectivity index (χ1) is 30.7. The number of anilines is 3. The normalized spacial score (nSPS) is 11.5. The highest BCUT2D eigenvalue weighted by Gasteiger charge is 2.17. The Kier molecular flexibility index (Phi) is 8.76.